The van der Waals surface area contributed by atoms with Crippen molar-refractivity contribution in [2.75, 3.05) is 18.2 Å². The van der Waals surface area contributed by atoms with E-state index in [-0.39, 0.29) is 0 Å². The number of nitrogens with two attached hydrogens (primary N) is 1. The van der Waals surface area contributed by atoms with E-state index in [0.29, 0.717) is 10.7 Å². The van der Waals surface area contributed by atoms with Gasteiger partial charge in [-0.25, -0.2) is 0 Å². The number of benzene rings is 2. The van der Waals surface area contributed by atoms with Crippen molar-refractivity contribution in [2.24, 2.45) is 0 Å². The van der Waals surface area contributed by atoms with Crippen LogP contribution in [0.1, 0.15) is 0 Å². The minimum atomic E-state index is 0.640. The maximum atomic E-state index is 6.05. The van der Waals surface area contributed by atoms with E-state index in [1.165, 1.54) is 0 Å². The number of nitrogens with one attached hydrogen (secondary N) is 1. The molecule has 0 saturated heterocycles. The van der Waals surface area contributed by atoms with Crippen LogP contribution in [-0.2, 0) is 0 Å². The van der Waals surface area contributed by atoms with Crippen LogP contribution in [-0.4, -0.2) is 12.1 Å². The average molecular weight is 300 g/mol. The Morgan fingerprint density at radius 3 is 2.76 bits per heavy atom. The molecule has 0 radical (unpaired) electrons. The van der Waals surface area contributed by atoms with Gasteiger partial charge in [-0.2, -0.15) is 0 Å². The van der Waals surface area contributed by atoms with Gasteiger partial charge in [-0.15, -0.1) is 0 Å². The second-order valence-electron chi connectivity index (χ2n) is 4.60. The highest BCUT2D eigenvalue weighted by Crippen LogP contribution is 2.33. The Morgan fingerprint density at radius 2 is 1.95 bits per heavy atom. The number of anilines is 3. The second kappa shape index (κ2) is 5.50. The van der Waals surface area contributed by atoms with Crippen molar-refractivity contribution >= 4 is 39.6 Å². The van der Waals surface area contributed by atoms with Gasteiger partial charge >= 0.3 is 0 Å². The SMILES string of the molecule is COc1ccc(Cl)cc1Nc1ccnc2cc(N)ccc12. The summed E-state index contributed by atoms with van der Waals surface area (Å²) in [6.45, 7) is 0. The molecule has 0 saturated carbocycles. The van der Waals surface area contributed by atoms with Crippen molar-refractivity contribution in [2.45, 2.75) is 0 Å². The minimum absolute atomic E-state index is 0.640. The lowest BCUT2D eigenvalue weighted by Gasteiger charge is -2.13. The normalized spacial score (nSPS) is 10.6. The third-order valence-electron chi connectivity index (χ3n) is 3.20. The van der Waals surface area contributed by atoms with Crippen LogP contribution in [0.15, 0.2) is 48.7 Å². The summed E-state index contributed by atoms with van der Waals surface area (Å²) in [6, 6.07) is 13.0. The number of nitrogen functional groups attached to an aromatic ring is 1. The van der Waals surface area contributed by atoms with Crippen LogP contribution in [0, 0.1) is 0 Å². The Morgan fingerprint density at radius 1 is 1.10 bits per heavy atom. The molecular weight excluding hydrogens is 286 g/mol. The third-order valence-corrected chi connectivity index (χ3v) is 3.43. The van der Waals surface area contributed by atoms with E-state index in [9.17, 15) is 0 Å². The van der Waals surface area contributed by atoms with Crippen molar-refractivity contribution in [3.63, 3.8) is 0 Å². The first-order valence-corrected chi connectivity index (χ1v) is 6.80. The van der Waals surface area contributed by atoms with E-state index in [4.69, 9.17) is 22.1 Å². The molecule has 0 aliphatic heterocycles. The van der Waals surface area contributed by atoms with Gasteiger partial charge in [0.25, 0.3) is 0 Å². The maximum absolute atomic E-state index is 6.05. The van der Waals surface area contributed by atoms with E-state index in [1.807, 2.05) is 36.4 Å². The number of hydrogen-bond acceptors (Lipinski definition) is 4. The van der Waals surface area contributed by atoms with Crippen LogP contribution in [0.2, 0.25) is 5.02 Å². The van der Waals surface area contributed by atoms with Gasteiger partial charge < -0.3 is 15.8 Å². The third kappa shape index (κ3) is 2.71. The molecule has 3 aromatic rings. The first-order chi connectivity index (χ1) is 10.2. The summed E-state index contributed by atoms with van der Waals surface area (Å²) < 4.78 is 5.35. The van der Waals surface area contributed by atoms with Crippen LogP contribution in [0.5, 0.6) is 5.75 Å². The van der Waals surface area contributed by atoms with Gasteiger partial charge in [0.15, 0.2) is 0 Å². The molecule has 0 spiro atoms. The largest absolute Gasteiger partial charge is 0.495 e. The lowest BCUT2D eigenvalue weighted by Crippen LogP contribution is -1.96. The number of fused-ring (bicyclic) bond motifs is 1. The van der Waals surface area contributed by atoms with Crippen LogP contribution >= 0.6 is 11.6 Å². The highest BCUT2D eigenvalue weighted by molar-refractivity contribution is 6.31. The number of ether oxygens (including phenoxy) is 1. The molecule has 1 aromatic heterocycles. The second-order valence-corrected chi connectivity index (χ2v) is 5.04. The molecule has 2 aromatic carbocycles. The molecule has 0 bridgehead atoms. The zero-order chi connectivity index (χ0) is 14.8. The highest BCUT2D eigenvalue weighted by atomic mass is 35.5. The van der Waals surface area contributed by atoms with Gasteiger partial charge in [-0.05, 0) is 42.5 Å². The van der Waals surface area contributed by atoms with Crippen molar-refractivity contribution in [3.05, 3.63) is 53.7 Å². The molecule has 5 heteroatoms. The van der Waals surface area contributed by atoms with E-state index in [0.717, 1.165) is 28.0 Å². The molecular formula is C16H14ClN3O. The summed E-state index contributed by atoms with van der Waals surface area (Å²) in [4.78, 5) is 4.33. The lowest BCUT2D eigenvalue weighted by molar-refractivity contribution is 0.417. The first kappa shape index (κ1) is 13.5. The van der Waals surface area contributed by atoms with Crippen molar-refractivity contribution in [3.8, 4) is 5.75 Å². The predicted octanol–water partition coefficient (Wildman–Crippen LogP) is 4.22. The lowest BCUT2D eigenvalue weighted by atomic mass is 10.1. The number of nitrogens with zero attached hydrogens (tertiary/aromatic N) is 1. The Balaban J connectivity index is 2.08. The van der Waals surface area contributed by atoms with Crippen LogP contribution in [0.4, 0.5) is 17.1 Å². The summed E-state index contributed by atoms with van der Waals surface area (Å²) in [7, 11) is 1.62. The van der Waals surface area contributed by atoms with Gasteiger partial charge in [0.05, 0.1) is 18.3 Å². The fraction of sp³-hybridized carbons (Fsp3) is 0.0625. The molecule has 0 atom stereocenters. The number of rotatable bonds is 3. The number of pyridine rings is 1. The molecule has 3 N–H and O–H groups in total. The van der Waals surface area contributed by atoms with Crippen molar-refractivity contribution in [1.82, 2.24) is 4.98 Å². The van der Waals surface area contributed by atoms with Gasteiger partial charge in [0, 0.05) is 28.0 Å². The van der Waals surface area contributed by atoms with Crippen LogP contribution in [0.25, 0.3) is 10.9 Å². The smallest absolute Gasteiger partial charge is 0.142 e. The van der Waals surface area contributed by atoms with Crippen LogP contribution < -0.4 is 15.8 Å². The number of halogens is 1. The molecule has 1 heterocycles. The number of aromatic nitrogens is 1. The molecule has 4 nitrogen and oxygen atoms in total. The zero-order valence-corrected chi connectivity index (χ0v) is 12.2. The quantitative estimate of drug-likeness (QED) is 0.711. The van der Waals surface area contributed by atoms with Gasteiger partial charge in [0.1, 0.15) is 5.75 Å². The summed E-state index contributed by atoms with van der Waals surface area (Å²) >= 11 is 6.05. The maximum Gasteiger partial charge on any atom is 0.142 e. The van der Waals surface area contributed by atoms with Crippen LogP contribution in [0.3, 0.4) is 0 Å². The topological polar surface area (TPSA) is 60.2 Å². The first-order valence-electron chi connectivity index (χ1n) is 6.42. The molecule has 0 amide bonds. The molecule has 106 valence electrons. The molecule has 21 heavy (non-hydrogen) atoms. The van der Waals surface area contributed by atoms with Gasteiger partial charge in [0.2, 0.25) is 0 Å². The summed E-state index contributed by atoms with van der Waals surface area (Å²) in [5.41, 5.74) is 9.03. The number of hydrogen-bond donors (Lipinski definition) is 2. The monoisotopic (exact) mass is 299 g/mol. The Labute approximate surface area is 127 Å². The van der Waals surface area contributed by atoms with Gasteiger partial charge in [-0.3, -0.25) is 4.98 Å². The van der Waals surface area contributed by atoms with E-state index in [1.54, 1.807) is 19.4 Å². The Hall–Kier alpha value is -2.46. The summed E-state index contributed by atoms with van der Waals surface area (Å²) in [6.07, 6.45) is 1.74. The molecule has 0 aliphatic rings. The fourth-order valence-electron chi connectivity index (χ4n) is 2.20. The average Bonchev–Trinajstić information content (AvgIpc) is 2.47. The molecule has 0 fully saturated rings. The van der Waals surface area contributed by atoms with E-state index >= 15 is 0 Å². The molecule has 0 unspecified atom stereocenters. The Bertz CT molecular complexity index is 805. The predicted molar refractivity (Wildman–Crippen MR) is 87.4 cm³/mol. The zero-order valence-electron chi connectivity index (χ0n) is 11.4. The highest BCUT2D eigenvalue weighted by Gasteiger charge is 2.07. The molecule has 3 rings (SSSR count). The Kier molecular flexibility index (Phi) is 3.54. The summed E-state index contributed by atoms with van der Waals surface area (Å²) in [5, 5.41) is 4.96. The van der Waals surface area contributed by atoms with E-state index < -0.39 is 0 Å². The minimum Gasteiger partial charge on any atom is -0.495 e. The van der Waals surface area contributed by atoms with Crippen molar-refractivity contribution in [1.29, 1.82) is 0 Å². The number of methoxy groups -OCH3 is 1. The summed E-state index contributed by atoms with van der Waals surface area (Å²) in [5.74, 6) is 0.722. The standard InChI is InChI=1S/C16H14ClN3O/c1-21-16-5-2-10(17)8-15(16)20-13-6-7-19-14-9-11(18)3-4-12(13)14/h2-9H,18H2,1H3,(H,19,20). The van der Waals surface area contributed by atoms with Gasteiger partial charge in [-0.1, -0.05) is 11.6 Å². The molecule has 0 aliphatic carbocycles. The van der Waals surface area contributed by atoms with Crippen molar-refractivity contribution < 1.29 is 4.74 Å². The van der Waals surface area contributed by atoms with E-state index in [2.05, 4.69) is 10.3 Å². The fourth-order valence-corrected chi connectivity index (χ4v) is 2.37.